The fourth-order valence-corrected chi connectivity index (χ4v) is 4.16. The highest BCUT2D eigenvalue weighted by atomic mass is 16.4. The van der Waals surface area contributed by atoms with Gasteiger partial charge in [-0.3, -0.25) is 14.6 Å². The van der Waals surface area contributed by atoms with Crippen molar-refractivity contribution in [2.75, 3.05) is 37.6 Å². The van der Waals surface area contributed by atoms with Gasteiger partial charge in [0.25, 0.3) is 0 Å². The minimum atomic E-state index is -0.894. The van der Waals surface area contributed by atoms with Crippen molar-refractivity contribution < 1.29 is 14.7 Å². The summed E-state index contributed by atoms with van der Waals surface area (Å²) in [6.07, 6.45) is 0.869. The van der Waals surface area contributed by atoms with Gasteiger partial charge >= 0.3 is 5.97 Å². The number of hydrogen-bond acceptors (Lipinski definition) is 4. The zero-order chi connectivity index (χ0) is 19.5. The lowest BCUT2D eigenvalue weighted by Gasteiger charge is -2.37. The third-order valence-corrected chi connectivity index (χ3v) is 5.67. The minimum absolute atomic E-state index is 0.0299. The first kappa shape index (κ1) is 18.7. The Kier molecular flexibility index (Phi) is 5.41. The Labute approximate surface area is 165 Å². The van der Waals surface area contributed by atoms with E-state index in [2.05, 4.69) is 9.80 Å². The molecule has 0 spiro atoms. The molecule has 6 heteroatoms. The maximum Gasteiger partial charge on any atom is 0.335 e. The molecule has 2 aliphatic heterocycles. The fraction of sp³-hybridized carbons (Fsp3) is 0.364. The van der Waals surface area contributed by atoms with Crippen molar-refractivity contribution in [1.82, 2.24) is 9.80 Å². The van der Waals surface area contributed by atoms with Gasteiger partial charge in [0.05, 0.1) is 11.6 Å². The number of para-hydroxylation sites is 1. The lowest BCUT2D eigenvalue weighted by atomic mass is 10.1. The summed E-state index contributed by atoms with van der Waals surface area (Å²) in [7, 11) is 0. The topological polar surface area (TPSA) is 64.1 Å². The van der Waals surface area contributed by atoms with Crippen LogP contribution in [0.3, 0.4) is 0 Å². The number of carboxylic acids is 1. The van der Waals surface area contributed by atoms with Gasteiger partial charge in [0.2, 0.25) is 5.91 Å². The number of nitrogens with zero attached hydrogens (tertiary/aromatic N) is 3. The summed E-state index contributed by atoms with van der Waals surface area (Å²) in [5.41, 5.74) is 2.32. The molecule has 1 amide bonds. The van der Waals surface area contributed by atoms with Gasteiger partial charge in [-0.15, -0.1) is 0 Å². The predicted molar refractivity (Wildman–Crippen MR) is 107 cm³/mol. The second-order valence-electron chi connectivity index (χ2n) is 7.45. The smallest absolute Gasteiger partial charge is 0.335 e. The summed E-state index contributed by atoms with van der Waals surface area (Å²) in [6.45, 7) is 4.99. The summed E-state index contributed by atoms with van der Waals surface area (Å²) < 4.78 is 0. The van der Waals surface area contributed by atoms with Gasteiger partial charge < -0.3 is 10.0 Å². The van der Waals surface area contributed by atoms with E-state index in [4.69, 9.17) is 5.11 Å². The fourth-order valence-electron chi connectivity index (χ4n) is 4.16. The van der Waals surface area contributed by atoms with Gasteiger partial charge in [0, 0.05) is 45.0 Å². The minimum Gasteiger partial charge on any atom is -0.478 e. The second kappa shape index (κ2) is 8.12. The van der Waals surface area contributed by atoms with E-state index < -0.39 is 5.97 Å². The molecule has 4 rings (SSSR count). The first-order chi connectivity index (χ1) is 13.6. The third kappa shape index (κ3) is 3.93. The van der Waals surface area contributed by atoms with E-state index in [0.717, 1.165) is 56.9 Å². The number of amides is 1. The van der Waals surface area contributed by atoms with Crippen molar-refractivity contribution in [3.8, 4) is 0 Å². The van der Waals surface area contributed by atoms with Crippen LogP contribution in [0.15, 0.2) is 54.6 Å². The molecule has 0 radical (unpaired) electrons. The van der Waals surface area contributed by atoms with Gasteiger partial charge in [0.15, 0.2) is 0 Å². The molecule has 0 saturated carbocycles. The molecule has 1 unspecified atom stereocenters. The van der Waals surface area contributed by atoms with E-state index >= 15 is 0 Å². The molecule has 2 heterocycles. The molecule has 6 nitrogen and oxygen atoms in total. The van der Waals surface area contributed by atoms with Crippen molar-refractivity contribution in [2.45, 2.75) is 19.0 Å². The number of hydrogen-bond donors (Lipinski definition) is 1. The first-order valence-electron chi connectivity index (χ1n) is 9.77. The number of aromatic carboxylic acids is 1. The number of benzene rings is 2. The Morgan fingerprint density at radius 2 is 1.71 bits per heavy atom. The number of piperazine rings is 1. The SMILES string of the molecule is O=C(O)c1cccc(CN2CCN(C3CCN(c4ccccc4)C3=O)CC2)c1. The van der Waals surface area contributed by atoms with E-state index in [0.29, 0.717) is 5.56 Å². The van der Waals surface area contributed by atoms with Crippen LogP contribution >= 0.6 is 0 Å². The zero-order valence-corrected chi connectivity index (χ0v) is 15.8. The van der Waals surface area contributed by atoms with Crippen LogP contribution in [-0.2, 0) is 11.3 Å². The lowest BCUT2D eigenvalue weighted by molar-refractivity contribution is -0.122. The molecule has 2 saturated heterocycles. The summed E-state index contributed by atoms with van der Waals surface area (Å²) in [6, 6.07) is 17.0. The van der Waals surface area contributed by atoms with Crippen molar-refractivity contribution >= 4 is 17.6 Å². The third-order valence-electron chi connectivity index (χ3n) is 5.67. The van der Waals surface area contributed by atoms with Crippen molar-refractivity contribution in [1.29, 1.82) is 0 Å². The Morgan fingerprint density at radius 1 is 0.964 bits per heavy atom. The monoisotopic (exact) mass is 379 g/mol. The molecule has 1 atom stereocenters. The normalized spacial score (nSPS) is 21.2. The van der Waals surface area contributed by atoms with Crippen LogP contribution in [0.4, 0.5) is 5.69 Å². The standard InChI is InChI=1S/C22H25N3O3/c26-21-20(9-10-25(21)19-7-2-1-3-8-19)24-13-11-23(12-14-24)16-17-5-4-6-18(15-17)22(27)28/h1-8,15,20H,9-14,16H2,(H,27,28). The number of carbonyl (C=O) groups is 2. The Hall–Kier alpha value is -2.70. The summed E-state index contributed by atoms with van der Waals surface area (Å²) >= 11 is 0. The summed E-state index contributed by atoms with van der Waals surface area (Å²) in [5.74, 6) is -0.691. The molecule has 2 aliphatic rings. The van der Waals surface area contributed by atoms with Crippen molar-refractivity contribution in [3.63, 3.8) is 0 Å². The van der Waals surface area contributed by atoms with Gasteiger partial charge in [-0.25, -0.2) is 4.79 Å². The second-order valence-corrected chi connectivity index (χ2v) is 7.45. The largest absolute Gasteiger partial charge is 0.478 e. The number of anilines is 1. The highest BCUT2D eigenvalue weighted by Crippen LogP contribution is 2.25. The highest BCUT2D eigenvalue weighted by molar-refractivity contribution is 5.99. The van der Waals surface area contributed by atoms with Gasteiger partial charge in [0.1, 0.15) is 0 Å². The van der Waals surface area contributed by atoms with E-state index in [1.807, 2.05) is 41.3 Å². The van der Waals surface area contributed by atoms with Crippen molar-refractivity contribution in [2.24, 2.45) is 0 Å². The molecule has 0 bridgehead atoms. The zero-order valence-electron chi connectivity index (χ0n) is 15.8. The predicted octanol–water partition coefficient (Wildman–Crippen LogP) is 2.31. The van der Waals surface area contributed by atoms with Gasteiger partial charge in [-0.1, -0.05) is 30.3 Å². The molecule has 28 heavy (non-hydrogen) atoms. The molecule has 146 valence electrons. The van der Waals surface area contributed by atoms with Crippen LogP contribution in [0.2, 0.25) is 0 Å². The first-order valence-corrected chi connectivity index (χ1v) is 9.77. The Balaban J connectivity index is 1.33. The lowest BCUT2D eigenvalue weighted by Crippen LogP contribution is -2.52. The maximum absolute atomic E-state index is 12.9. The maximum atomic E-state index is 12.9. The molecule has 0 aliphatic carbocycles. The molecule has 2 fully saturated rings. The van der Waals surface area contributed by atoms with Crippen LogP contribution in [0, 0.1) is 0 Å². The average molecular weight is 379 g/mol. The number of carbonyl (C=O) groups excluding carboxylic acids is 1. The molecular formula is C22H25N3O3. The van der Waals surface area contributed by atoms with Gasteiger partial charge in [-0.2, -0.15) is 0 Å². The highest BCUT2D eigenvalue weighted by Gasteiger charge is 2.37. The molecule has 1 N–H and O–H groups in total. The average Bonchev–Trinajstić information content (AvgIpc) is 3.11. The van der Waals surface area contributed by atoms with Crippen LogP contribution in [0.5, 0.6) is 0 Å². The molecule has 2 aromatic carbocycles. The number of carboxylic acid groups (broad SMARTS) is 1. The van der Waals surface area contributed by atoms with Gasteiger partial charge in [-0.05, 0) is 36.2 Å². The van der Waals surface area contributed by atoms with E-state index in [-0.39, 0.29) is 11.9 Å². The molecular weight excluding hydrogens is 354 g/mol. The number of rotatable bonds is 5. The Morgan fingerprint density at radius 3 is 2.43 bits per heavy atom. The quantitative estimate of drug-likeness (QED) is 0.864. The van der Waals surface area contributed by atoms with E-state index in [1.54, 1.807) is 18.2 Å². The summed E-state index contributed by atoms with van der Waals surface area (Å²) in [5, 5.41) is 9.14. The Bertz CT molecular complexity index is 847. The van der Waals surface area contributed by atoms with Crippen LogP contribution in [0.25, 0.3) is 0 Å². The van der Waals surface area contributed by atoms with Crippen LogP contribution in [0.1, 0.15) is 22.3 Å². The van der Waals surface area contributed by atoms with E-state index in [9.17, 15) is 9.59 Å². The summed E-state index contributed by atoms with van der Waals surface area (Å²) in [4.78, 5) is 30.6. The van der Waals surface area contributed by atoms with E-state index in [1.165, 1.54) is 0 Å². The molecule has 2 aromatic rings. The van der Waals surface area contributed by atoms with Crippen LogP contribution in [-0.4, -0.2) is 65.5 Å². The van der Waals surface area contributed by atoms with Crippen molar-refractivity contribution in [3.05, 3.63) is 65.7 Å². The van der Waals surface area contributed by atoms with Crippen LogP contribution < -0.4 is 4.90 Å². The molecule has 0 aromatic heterocycles.